The molecule has 2 aromatic rings. The second kappa shape index (κ2) is 8.56. The van der Waals surface area contributed by atoms with E-state index in [2.05, 4.69) is 0 Å². The van der Waals surface area contributed by atoms with Gasteiger partial charge in [0.15, 0.2) is 5.54 Å². The van der Waals surface area contributed by atoms with Crippen molar-refractivity contribution in [3.8, 4) is 0 Å². The van der Waals surface area contributed by atoms with Crippen molar-refractivity contribution in [2.75, 3.05) is 18.2 Å². The third-order valence-electron chi connectivity index (χ3n) is 7.25. The Morgan fingerprint density at radius 2 is 1.82 bits per heavy atom. The fourth-order valence-corrected chi connectivity index (χ4v) is 6.00. The summed E-state index contributed by atoms with van der Waals surface area (Å²) in [7, 11) is 0. The molecule has 0 aromatic heterocycles. The first-order valence-electron chi connectivity index (χ1n) is 11.3. The number of nitrogens with zero attached hydrogens (tertiary/aromatic N) is 2. The van der Waals surface area contributed by atoms with Gasteiger partial charge >= 0.3 is 5.97 Å². The lowest BCUT2D eigenvalue weighted by atomic mass is 9.66. The minimum atomic E-state index is -1.43. The van der Waals surface area contributed by atoms with Gasteiger partial charge in [0.05, 0.1) is 12.1 Å². The van der Waals surface area contributed by atoms with Gasteiger partial charge in [-0.15, -0.1) is 0 Å². The van der Waals surface area contributed by atoms with Crippen LogP contribution in [-0.2, 0) is 19.9 Å². The van der Waals surface area contributed by atoms with Crippen LogP contribution < -0.4 is 4.90 Å². The summed E-state index contributed by atoms with van der Waals surface area (Å²) in [6.45, 7) is -0.223. The maximum Gasteiger partial charge on any atom is 0.304 e. The minimum Gasteiger partial charge on any atom is -0.481 e. The fraction of sp³-hybridized carbons (Fsp3) is 0.400. The second-order valence-electron chi connectivity index (χ2n) is 9.33. The van der Waals surface area contributed by atoms with Crippen molar-refractivity contribution in [1.29, 1.82) is 0 Å². The smallest absolute Gasteiger partial charge is 0.304 e. The lowest BCUT2D eigenvalue weighted by Crippen LogP contribution is -2.64. The largest absolute Gasteiger partial charge is 0.481 e. The highest BCUT2D eigenvalue weighted by Gasteiger charge is 2.64. The summed E-state index contributed by atoms with van der Waals surface area (Å²) < 4.78 is 0. The van der Waals surface area contributed by atoms with Crippen LogP contribution >= 0.6 is 23.2 Å². The number of rotatable bonds is 6. The lowest BCUT2D eigenvalue weighted by molar-refractivity contribution is -0.161. The molecule has 1 saturated carbocycles. The molecule has 5 rings (SSSR count). The molecule has 1 unspecified atom stereocenters. The van der Waals surface area contributed by atoms with Crippen LogP contribution in [0.2, 0.25) is 10.0 Å². The number of carbonyl (C=O) groups excluding carboxylic acids is 2. The lowest BCUT2D eigenvalue weighted by Gasteiger charge is -2.51. The van der Waals surface area contributed by atoms with Crippen molar-refractivity contribution in [2.24, 2.45) is 11.8 Å². The van der Waals surface area contributed by atoms with Crippen LogP contribution in [0.25, 0.3) is 0 Å². The number of hydrogen-bond donors (Lipinski definition) is 2. The summed E-state index contributed by atoms with van der Waals surface area (Å²) >= 11 is 12.6. The summed E-state index contributed by atoms with van der Waals surface area (Å²) in [5.74, 6) is -2.92. The van der Waals surface area contributed by atoms with Gasteiger partial charge in [-0.05, 0) is 55.0 Å². The molecule has 2 N–H and O–H groups in total. The SMILES string of the molecule is O=C(O)C[C@@H]1C[C@@H](c2cccc(Cl)c2)C2(C(=O)N(CO)c3cc(Cl)ccc32)N(CC2CC2)C1=O. The van der Waals surface area contributed by atoms with Crippen molar-refractivity contribution in [3.05, 3.63) is 63.6 Å². The van der Waals surface area contributed by atoms with E-state index in [1.807, 2.05) is 6.07 Å². The average Bonchev–Trinajstić information content (AvgIpc) is 3.57. The molecule has 2 aliphatic heterocycles. The van der Waals surface area contributed by atoms with Crippen molar-refractivity contribution >= 4 is 46.7 Å². The van der Waals surface area contributed by atoms with Gasteiger partial charge in [-0.3, -0.25) is 19.3 Å². The number of piperidine rings is 1. The number of carboxylic acids is 1. The molecule has 9 heteroatoms. The average molecular weight is 503 g/mol. The number of hydrogen-bond acceptors (Lipinski definition) is 4. The monoisotopic (exact) mass is 502 g/mol. The highest BCUT2D eigenvalue weighted by molar-refractivity contribution is 6.31. The zero-order chi connectivity index (χ0) is 24.2. The standard InChI is InChI=1S/C25H24Cl2N2O5/c26-17-3-1-2-15(8-17)20-9-16(10-22(31)32)23(33)29(12-14-4-5-14)25(20)19-7-6-18(27)11-21(19)28(13-30)24(25)34/h1-3,6-8,11,14,16,20,30H,4-5,9-10,12-13H2,(H,31,32)/t16-,20-,25?/m0/s1. The van der Waals surface area contributed by atoms with Gasteiger partial charge in [0.1, 0.15) is 6.73 Å². The Labute approximate surface area is 206 Å². The van der Waals surface area contributed by atoms with Gasteiger partial charge in [-0.1, -0.05) is 41.4 Å². The Bertz CT molecular complexity index is 1180. The number of aliphatic hydroxyl groups excluding tert-OH is 1. The van der Waals surface area contributed by atoms with Crippen molar-refractivity contribution < 1.29 is 24.6 Å². The molecule has 2 fully saturated rings. The molecule has 178 valence electrons. The van der Waals surface area contributed by atoms with Gasteiger partial charge in [0, 0.05) is 34.0 Å². The summed E-state index contributed by atoms with van der Waals surface area (Å²) in [5, 5.41) is 20.6. The van der Waals surface area contributed by atoms with Crippen LogP contribution in [0, 0.1) is 11.8 Å². The van der Waals surface area contributed by atoms with Crippen LogP contribution in [-0.4, -0.2) is 46.2 Å². The van der Waals surface area contributed by atoms with Crippen LogP contribution in [0.3, 0.4) is 0 Å². The van der Waals surface area contributed by atoms with Crippen molar-refractivity contribution in [2.45, 2.75) is 37.1 Å². The molecule has 1 saturated heterocycles. The number of amides is 2. The summed E-state index contributed by atoms with van der Waals surface area (Å²) in [5.41, 5.74) is 0.355. The summed E-state index contributed by atoms with van der Waals surface area (Å²) in [6, 6.07) is 12.2. The first kappa shape index (κ1) is 23.1. The van der Waals surface area contributed by atoms with Gasteiger partial charge in [0.2, 0.25) is 5.91 Å². The number of carbonyl (C=O) groups is 3. The predicted molar refractivity (Wildman–Crippen MR) is 127 cm³/mol. The van der Waals surface area contributed by atoms with E-state index in [9.17, 15) is 24.6 Å². The Morgan fingerprint density at radius 1 is 1.09 bits per heavy atom. The van der Waals surface area contributed by atoms with E-state index in [-0.39, 0.29) is 24.7 Å². The number of aliphatic carboxylic acids is 1. The number of carboxylic acid groups (broad SMARTS) is 1. The third-order valence-corrected chi connectivity index (χ3v) is 7.72. The number of aliphatic hydroxyl groups is 1. The Morgan fingerprint density at radius 3 is 2.47 bits per heavy atom. The number of benzene rings is 2. The normalized spacial score (nSPS) is 26.3. The van der Waals surface area contributed by atoms with E-state index < -0.39 is 36.0 Å². The summed E-state index contributed by atoms with van der Waals surface area (Å²) in [6.07, 6.45) is 1.73. The molecule has 0 bridgehead atoms. The first-order chi connectivity index (χ1) is 16.3. The molecule has 2 heterocycles. The van der Waals surface area contributed by atoms with E-state index in [1.54, 1.807) is 41.3 Å². The molecular weight excluding hydrogens is 479 g/mol. The quantitative estimate of drug-likeness (QED) is 0.621. The van der Waals surface area contributed by atoms with E-state index in [0.717, 1.165) is 18.4 Å². The summed E-state index contributed by atoms with van der Waals surface area (Å²) in [4.78, 5) is 42.5. The number of likely N-dealkylation sites (tertiary alicyclic amines) is 1. The molecule has 7 nitrogen and oxygen atoms in total. The van der Waals surface area contributed by atoms with Crippen LogP contribution in [0.15, 0.2) is 42.5 Å². The van der Waals surface area contributed by atoms with Crippen molar-refractivity contribution in [1.82, 2.24) is 4.90 Å². The topological polar surface area (TPSA) is 98.2 Å². The van der Waals surface area contributed by atoms with E-state index in [4.69, 9.17) is 23.2 Å². The molecular formula is C25H24Cl2N2O5. The van der Waals surface area contributed by atoms with Crippen LogP contribution in [0.4, 0.5) is 5.69 Å². The van der Waals surface area contributed by atoms with Gasteiger partial charge < -0.3 is 15.1 Å². The molecule has 34 heavy (non-hydrogen) atoms. The molecule has 3 aliphatic rings. The van der Waals surface area contributed by atoms with E-state index in [1.165, 1.54) is 4.90 Å². The first-order valence-corrected chi connectivity index (χ1v) is 12.0. The van der Waals surface area contributed by atoms with Gasteiger partial charge in [0.25, 0.3) is 5.91 Å². The Kier molecular flexibility index (Phi) is 5.82. The van der Waals surface area contributed by atoms with E-state index >= 15 is 0 Å². The fourth-order valence-electron chi connectivity index (χ4n) is 5.63. The molecule has 1 spiro atoms. The third kappa shape index (κ3) is 3.58. The Hall–Kier alpha value is -2.61. The number of anilines is 1. The molecule has 2 aromatic carbocycles. The molecule has 3 atom stereocenters. The Balaban J connectivity index is 1.78. The molecule has 0 radical (unpaired) electrons. The molecule has 1 aliphatic carbocycles. The zero-order valence-electron chi connectivity index (χ0n) is 18.3. The highest BCUT2D eigenvalue weighted by Crippen LogP contribution is 2.58. The van der Waals surface area contributed by atoms with Gasteiger partial charge in [-0.2, -0.15) is 0 Å². The maximum atomic E-state index is 14.2. The highest BCUT2D eigenvalue weighted by atomic mass is 35.5. The second-order valence-corrected chi connectivity index (χ2v) is 10.2. The number of fused-ring (bicyclic) bond motifs is 2. The zero-order valence-corrected chi connectivity index (χ0v) is 19.8. The number of halogens is 2. The van der Waals surface area contributed by atoms with Crippen LogP contribution in [0.1, 0.15) is 42.7 Å². The van der Waals surface area contributed by atoms with Crippen molar-refractivity contribution in [3.63, 3.8) is 0 Å². The molecule has 2 amide bonds. The van der Waals surface area contributed by atoms with Gasteiger partial charge in [-0.25, -0.2) is 0 Å². The predicted octanol–water partition coefficient (Wildman–Crippen LogP) is 4.00. The van der Waals surface area contributed by atoms with Crippen LogP contribution in [0.5, 0.6) is 0 Å². The van der Waals surface area contributed by atoms with E-state index in [0.29, 0.717) is 27.8 Å². The maximum absolute atomic E-state index is 14.2. The minimum absolute atomic E-state index is 0.166.